The number of carbonyl (C=O) groups is 2. The fourth-order valence-corrected chi connectivity index (χ4v) is 4.88. The van der Waals surface area contributed by atoms with Crippen LogP contribution in [-0.2, 0) is 9.53 Å². The van der Waals surface area contributed by atoms with E-state index in [0.29, 0.717) is 13.0 Å². The van der Waals surface area contributed by atoms with Gasteiger partial charge in [0.15, 0.2) is 0 Å². The van der Waals surface area contributed by atoms with Crippen molar-refractivity contribution >= 4 is 12.0 Å². The van der Waals surface area contributed by atoms with Crippen molar-refractivity contribution in [2.45, 2.75) is 57.3 Å². The van der Waals surface area contributed by atoms with Crippen molar-refractivity contribution in [2.75, 3.05) is 19.7 Å². The molecule has 2 saturated carbocycles. The van der Waals surface area contributed by atoms with Crippen molar-refractivity contribution in [1.82, 2.24) is 10.2 Å². The lowest BCUT2D eigenvalue weighted by molar-refractivity contribution is -0.187. The molecule has 3 aliphatic rings. The number of halogens is 3. The normalized spacial score (nSPS) is 33.3. The Hall–Kier alpha value is -1.51. The number of carboxylic acids is 1. The number of nitrogens with zero attached hydrogens (tertiary/aromatic N) is 1. The van der Waals surface area contributed by atoms with Gasteiger partial charge in [0.05, 0.1) is 17.9 Å². The number of likely N-dealkylation sites (tertiary alicyclic amines) is 1. The number of nitrogens with one attached hydrogen (secondary N) is 1. The summed E-state index contributed by atoms with van der Waals surface area (Å²) >= 11 is 0. The fraction of sp³-hybridized carbons (Fsp3) is 0.882. The highest BCUT2D eigenvalue weighted by Gasteiger charge is 2.58. The van der Waals surface area contributed by atoms with Crippen LogP contribution in [0.2, 0.25) is 0 Å². The van der Waals surface area contributed by atoms with Gasteiger partial charge >= 0.3 is 18.2 Å². The Morgan fingerprint density at radius 1 is 1.27 bits per heavy atom. The van der Waals surface area contributed by atoms with Crippen molar-refractivity contribution in [3.8, 4) is 0 Å². The second-order valence-electron chi connectivity index (χ2n) is 7.62. The zero-order valence-corrected chi connectivity index (χ0v) is 14.7. The molecule has 0 aromatic carbocycles. The van der Waals surface area contributed by atoms with Gasteiger partial charge in [0.1, 0.15) is 0 Å². The van der Waals surface area contributed by atoms with Crippen molar-refractivity contribution in [2.24, 2.45) is 17.3 Å². The summed E-state index contributed by atoms with van der Waals surface area (Å²) in [6.07, 6.45) is 0.0681. The first kappa shape index (κ1) is 19.3. The summed E-state index contributed by atoms with van der Waals surface area (Å²) in [7, 11) is 0. The zero-order chi connectivity index (χ0) is 19.1. The quantitative estimate of drug-likeness (QED) is 0.788. The third-order valence-corrected chi connectivity index (χ3v) is 6.33. The highest BCUT2D eigenvalue weighted by molar-refractivity contribution is 5.78. The van der Waals surface area contributed by atoms with Crippen LogP contribution in [-0.4, -0.2) is 60.0 Å². The number of rotatable bonds is 4. The molecule has 1 spiro atoms. The zero-order valence-electron chi connectivity index (χ0n) is 14.7. The largest absolute Gasteiger partial charge is 0.481 e. The van der Waals surface area contributed by atoms with Crippen LogP contribution in [0, 0.1) is 17.3 Å². The molecule has 148 valence electrons. The number of alkyl halides is 3. The molecule has 4 atom stereocenters. The van der Waals surface area contributed by atoms with E-state index in [-0.39, 0.29) is 17.6 Å². The maximum Gasteiger partial charge on any atom is 0.394 e. The number of carbonyl (C=O) groups excluding carboxylic acids is 1. The van der Waals surface area contributed by atoms with Crippen LogP contribution in [0.25, 0.3) is 0 Å². The number of aliphatic carboxylic acids is 1. The molecule has 3 fully saturated rings. The summed E-state index contributed by atoms with van der Waals surface area (Å²) in [4.78, 5) is 24.7. The molecule has 2 unspecified atom stereocenters. The van der Waals surface area contributed by atoms with Crippen molar-refractivity contribution in [1.29, 1.82) is 0 Å². The molecule has 3 rings (SSSR count). The van der Waals surface area contributed by atoms with E-state index < -0.39 is 43.1 Å². The molecule has 1 saturated heterocycles. The van der Waals surface area contributed by atoms with Gasteiger partial charge in [0.25, 0.3) is 0 Å². The van der Waals surface area contributed by atoms with Gasteiger partial charge in [0.2, 0.25) is 0 Å². The average molecular weight is 378 g/mol. The number of hydrogen-bond acceptors (Lipinski definition) is 3. The standard InChI is InChI=1S/C17H25F3N2O4/c1-2-26-13-7-12(16(13)5-3-4-6-16)21-15(25)22-8-10(14(23)24)11(9-22)17(18,19)20/h10-13H,2-9H2,1H3,(H,21,25)(H,23,24)/t10-,11-,12?,13?/m1/s1. The van der Waals surface area contributed by atoms with Crippen LogP contribution in [0.5, 0.6) is 0 Å². The third-order valence-electron chi connectivity index (χ3n) is 6.33. The molecule has 2 N–H and O–H groups in total. The Labute approximate surface area is 150 Å². The van der Waals surface area contributed by atoms with Crippen molar-refractivity contribution < 1.29 is 32.6 Å². The molecule has 2 amide bonds. The number of hydrogen-bond donors (Lipinski definition) is 2. The Morgan fingerprint density at radius 3 is 2.42 bits per heavy atom. The molecular weight excluding hydrogens is 353 g/mol. The second-order valence-corrected chi connectivity index (χ2v) is 7.62. The number of amides is 2. The minimum Gasteiger partial charge on any atom is -0.481 e. The Kier molecular flexibility index (Phi) is 5.11. The van der Waals surface area contributed by atoms with Crippen LogP contribution < -0.4 is 5.32 Å². The van der Waals surface area contributed by atoms with Gasteiger partial charge < -0.3 is 20.1 Å². The van der Waals surface area contributed by atoms with Gasteiger partial charge in [-0.15, -0.1) is 0 Å². The Bertz CT molecular complexity index is 563. The monoisotopic (exact) mass is 378 g/mol. The molecule has 9 heteroatoms. The van der Waals surface area contributed by atoms with Gasteiger partial charge in [-0.05, 0) is 26.2 Å². The van der Waals surface area contributed by atoms with E-state index >= 15 is 0 Å². The molecule has 0 aromatic rings. The van der Waals surface area contributed by atoms with E-state index in [1.807, 2.05) is 6.92 Å². The number of ether oxygens (including phenoxy) is 1. The van der Waals surface area contributed by atoms with Crippen LogP contribution >= 0.6 is 0 Å². The summed E-state index contributed by atoms with van der Waals surface area (Å²) < 4.78 is 45.0. The summed E-state index contributed by atoms with van der Waals surface area (Å²) in [6, 6.07) is -0.725. The van der Waals surface area contributed by atoms with E-state index in [1.165, 1.54) is 0 Å². The SMILES string of the molecule is CCOC1CC(NC(=O)N2C[C@@H](C(F)(F)F)[C@H](C(=O)O)C2)C12CCCC2. The van der Waals surface area contributed by atoms with Crippen LogP contribution in [0.3, 0.4) is 0 Å². The lowest BCUT2D eigenvalue weighted by Crippen LogP contribution is -2.65. The molecule has 0 bridgehead atoms. The Morgan fingerprint density at radius 2 is 1.92 bits per heavy atom. The minimum atomic E-state index is -4.64. The maximum absolute atomic E-state index is 13.1. The molecule has 0 radical (unpaired) electrons. The topological polar surface area (TPSA) is 78.9 Å². The third kappa shape index (κ3) is 3.25. The summed E-state index contributed by atoms with van der Waals surface area (Å²) in [5.41, 5.74) is -0.124. The molecule has 1 heterocycles. The molecule has 2 aliphatic carbocycles. The first-order valence-corrected chi connectivity index (χ1v) is 9.15. The Balaban J connectivity index is 1.64. The molecule has 1 aliphatic heterocycles. The number of carboxylic acid groups (broad SMARTS) is 1. The fourth-order valence-electron chi connectivity index (χ4n) is 4.88. The summed E-state index contributed by atoms with van der Waals surface area (Å²) in [6.45, 7) is 1.48. The van der Waals surface area contributed by atoms with Gasteiger partial charge in [-0.2, -0.15) is 13.2 Å². The predicted octanol–water partition coefficient (Wildman–Crippen LogP) is 2.63. The highest BCUT2D eigenvalue weighted by Crippen LogP contribution is 2.54. The average Bonchev–Trinajstić information content (AvgIpc) is 3.21. The summed E-state index contributed by atoms with van der Waals surface area (Å²) in [5.74, 6) is -5.16. The van der Waals surface area contributed by atoms with E-state index in [2.05, 4.69) is 5.32 Å². The van der Waals surface area contributed by atoms with Crippen molar-refractivity contribution in [3.63, 3.8) is 0 Å². The van der Waals surface area contributed by atoms with Gasteiger partial charge in [-0.25, -0.2) is 4.79 Å². The number of urea groups is 1. The van der Waals surface area contributed by atoms with E-state index in [1.54, 1.807) is 0 Å². The first-order chi connectivity index (χ1) is 12.2. The maximum atomic E-state index is 13.1. The molecular formula is C17H25F3N2O4. The van der Waals surface area contributed by atoms with Gasteiger partial charge in [-0.1, -0.05) is 12.8 Å². The molecule has 6 nitrogen and oxygen atoms in total. The van der Waals surface area contributed by atoms with Gasteiger partial charge in [0, 0.05) is 31.2 Å². The van der Waals surface area contributed by atoms with E-state index in [9.17, 15) is 22.8 Å². The van der Waals surface area contributed by atoms with E-state index in [4.69, 9.17) is 9.84 Å². The first-order valence-electron chi connectivity index (χ1n) is 9.15. The highest BCUT2D eigenvalue weighted by atomic mass is 19.4. The second kappa shape index (κ2) is 6.90. The van der Waals surface area contributed by atoms with E-state index in [0.717, 1.165) is 30.6 Å². The van der Waals surface area contributed by atoms with Gasteiger partial charge in [-0.3, -0.25) is 4.79 Å². The van der Waals surface area contributed by atoms with Crippen LogP contribution in [0.15, 0.2) is 0 Å². The minimum absolute atomic E-state index is 0.0774. The predicted molar refractivity (Wildman–Crippen MR) is 85.5 cm³/mol. The lowest BCUT2D eigenvalue weighted by Gasteiger charge is -2.54. The van der Waals surface area contributed by atoms with Crippen LogP contribution in [0.4, 0.5) is 18.0 Å². The summed E-state index contributed by atoms with van der Waals surface area (Å²) in [5, 5.41) is 11.9. The molecule has 26 heavy (non-hydrogen) atoms. The van der Waals surface area contributed by atoms with Crippen molar-refractivity contribution in [3.05, 3.63) is 0 Å². The molecule has 0 aromatic heterocycles. The lowest BCUT2D eigenvalue weighted by atomic mass is 9.60. The smallest absolute Gasteiger partial charge is 0.394 e. The van der Waals surface area contributed by atoms with Crippen LogP contribution in [0.1, 0.15) is 39.0 Å².